The molecule has 0 aliphatic heterocycles. The van der Waals surface area contributed by atoms with Crippen LogP contribution in [0.2, 0.25) is 0 Å². The number of nitrogens with zero attached hydrogens (tertiary/aromatic N) is 1. The molecule has 0 amide bonds. The van der Waals surface area contributed by atoms with Crippen LogP contribution in [-0.2, 0) is 6.42 Å². The van der Waals surface area contributed by atoms with Crippen molar-refractivity contribution in [2.75, 3.05) is 12.4 Å². The first-order valence-corrected chi connectivity index (χ1v) is 7.01. The van der Waals surface area contributed by atoms with Gasteiger partial charge in [-0.25, -0.2) is 4.98 Å². The van der Waals surface area contributed by atoms with E-state index in [2.05, 4.69) is 28.5 Å². The fourth-order valence-corrected chi connectivity index (χ4v) is 2.98. The molecule has 0 atom stereocenters. The van der Waals surface area contributed by atoms with E-state index in [0.29, 0.717) is 0 Å². The van der Waals surface area contributed by atoms with Gasteiger partial charge in [-0.2, -0.15) is 0 Å². The van der Waals surface area contributed by atoms with E-state index in [-0.39, 0.29) is 0 Å². The second kappa shape index (κ2) is 5.01. The highest BCUT2D eigenvalue weighted by atomic mass is 14.9. The molecule has 1 aliphatic carbocycles. The van der Waals surface area contributed by atoms with E-state index in [1.54, 1.807) is 0 Å². The maximum atomic E-state index is 4.70. The minimum absolute atomic E-state index is 0.836. The zero-order chi connectivity index (χ0) is 12.4. The zero-order valence-corrected chi connectivity index (χ0v) is 11.0. The molecule has 3 rings (SSSR count). The summed E-state index contributed by atoms with van der Waals surface area (Å²) in [6, 6.07) is 6.29. The lowest BCUT2D eigenvalue weighted by molar-refractivity contribution is 0.352. The van der Waals surface area contributed by atoms with E-state index < -0.39 is 0 Å². The van der Waals surface area contributed by atoms with Gasteiger partial charge in [-0.3, -0.25) is 0 Å². The minimum Gasteiger partial charge on any atom is -0.388 e. The highest BCUT2D eigenvalue weighted by Crippen LogP contribution is 2.27. The molecule has 0 bridgehead atoms. The summed E-state index contributed by atoms with van der Waals surface area (Å²) < 4.78 is 0. The summed E-state index contributed by atoms with van der Waals surface area (Å²) in [5.41, 5.74) is 3.36. The lowest BCUT2D eigenvalue weighted by atomic mass is 9.87. The fourth-order valence-electron chi connectivity index (χ4n) is 2.98. The molecular weight excluding hydrogens is 222 g/mol. The maximum absolute atomic E-state index is 4.70. The summed E-state index contributed by atoms with van der Waals surface area (Å²) in [7, 11) is 1.94. The number of H-pyrrole nitrogens is 1. The molecule has 1 saturated carbocycles. The van der Waals surface area contributed by atoms with Crippen molar-refractivity contribution in [3.63, 3.8) is 0 Å². The zero-order valence-electron chi connectivity index (χ0n) is 11.0. The quantitative estimate of drug-likeness (QED) is 0.862. The van der Waals surface area contributed by atoms with Crippen LogP contribution in [0.1, 0.15) is 37.9 Å². The van der Waals surface area contributed by atoms with Crippen LogP contribution < -0.4 is 5.32 Å². The molecule has 0 saturated heterocycles. The number of aromatic nitrogens is 2. The number of benzene rings is 1. The van der Waals surface area contributed by atoms with Gasteiger partial charge in [-0.15, -0.1) is 0 Å². The topological polar surface area (TPSA) is 40.7 Å². The molecule has 1 heterocycles. The Morgan fingerprint density at radius 3 is 2.89 bits per heavy atom. The van der Waals surface area contributed by atoms with Crippen molar-refractivity contribution in [1.82, 2.24) is 9.97 Å². The van der Waals surface area contributed by atoms with Crippen LogP contribution in [0.5, 0.6) is 0 Å². The predicted octanol–water partition coefficient (Wildman–Crippen LogP) is 3.73. The molecule has 96 valence electrons. The number of hydrogen-bond donors (Lipinski definition) is 2. The van der Waals surface area contributed by atoms with Gasteiger partial charge in [0.15, 0.2) is 0 Å². The van der Waals surface area contributed by atoms with Gasteiger partial charge in [0, 0.05) is 19.2 Å². The van der Waals surface area contributed by atoms with Gasteiger partial charge in [0.1, 0.15) is 5.82 Å². The van der Waals surface area contributed by atoms with Crippen LogP contribution >= 0.6 is 0 Å². The summed E-state index contributed by atoms with van der Waals surface area (Å²) in [5.74, 6) is 1.99. The van der Waals surface area contributed by atoms with Crippen LogP contribution in [-0.4, -0.2) is 17.0 Å². The van der Waals surface area contributed by atoms with Gasteiger partial charge in [-0.05, 0) is 24.1 Å². The Balaban J connectivity index is 1.79. The van der Waals surface area contributed by atoms with Crippen molar-refractivity contribution in [3.05, 3.63) is 24.0 Å². The summed E-state index contributed by atoms with van der Waals surface area (Å²) in [6.45, 7) is 0. The van der Waals surface area contributed by atoms with Crippen LogP contribution in [0.25, 0.3) is 11.0 Å². The average Bonchev–Trinajstić information content (AvgIpc) is 2.80. The molecule has 1 fully saturated rings. The molecule has 1 aromatic carbocycles. The number of hydrogen-bond acceptors (Lipinski definition) is 2. The Morgan fingerprint density at radius 1 is 1.28 bits per heavy atom. The van der Waals surface area contributed by atoms with Crippen molar-refractivity contribution in [1.29, 1.82) is 0 Å². The van der Waals surface area contributed by atoms with Gasteiger partial charge < -0.3 is 10.3 Å². The van der Waals surface area contributed by atoms with Gasteiger partial charge >= 0.3 is 0 Å². The van der Waals surface area contributed by atoms with E-state index in [1.165, 1.54) is 32.1 Å². The summed E-state index contributed by atoms with van der Waals surface area (Å²) in [5, 5.41) is 3.16. The average molecular weight is 243 g/mol. The third-order valence-electron chi connectivity index (χ3n) is 4.03. The summed E-state index contributed by atoms with van der Waals surface area (Å²) >= 11 is 0. The van der Waals surface area contributed by atoms with E-state index in [0.717, 1.165) is 34.9 Å². The van der Waals surface area contributed by atoms with Crippen molar-refractivity contribution in [2.45, 2.75) is 38.5 Å². The van der Waals surface area contributed by atoms with E-state index in [1.807, 2.05) is 7.05 Å². The predicted molar refractivity (Wildman–Crippen MR) is 75.9 cm³/mol. The Bertz CT molecular complexity index is 524. The van der Waals surface area contributed by atoms with Crippen LogP contribution in [0.3, 0.4) is 0 Å². The lowest BCUT2D eigenvalue weighted by Gasteiger charge is -2.20. The summed E-state index contributed by atoms with van der Waals surface area (Å²) in [4.78, 5) is 8.17. The first-order valence-electron chi connectivity index (χ1n) is 7.01. The standard InChI is InChI=1S/C15H21N3/c1-16-12-7-8-13-14(10-12)18-15(17-13)9-11-5-3-2-4-6-11/h7-8,10-11,16H,2-6,9H2,1H3,(H,17,18). The van der Waals surface area contributed by atoms with E-state index >= 15 is 0 Å². The Hall–Kier alpha value is -1.51. The third kappa shape index (κ3) is 2.35. The molecule has 1 aromatic heterocycles. The first kappa shape index (κ1) is 11.6. The molecular formula is C15H21N3. The van der Waals surface area contributed by atoms with Crippen LogP contribution in [0.4, 0.5) is 5.69 Å². The monoisotopic (exact) mass is 243 g/mol. The lowest BCUT2D eigenvalue weighted by Crippen LogP contribution is -2.10. The summed E-state index contributed by atoms with van der Waals surface area (Å²) in [6.07, 6.45) is 8.08. The van der Waals surface area contributed by atoms with Gasteiger partial charge in [0.25, 0.3) is 0 Å². The van der Waals surface area contributed by atoms with Gasteiger partial charge in [0.2, 0.25) is 0 Å². The Labute approximate surface area is 108 Å². The number of anilines is 1. The Morgan fingerprint density at radius 2 is 2.11 bits per heavy atom. The highest BCUT2D eigenvalue weighted by molar-refractivity contribution is 5.79. The second-order valence-corrected chi connectivity index (χ2v) is 5.37. The molecule has 1 aliphatic rings. The molecule has 18 heavy (non-hydrogen) atoms. The molecule has 3 heteroatoms. The second-order valence-electron chi connectivity index (χ2n) is 5.37. The smallest absolute Gasteiger partial charge is 0.107 e. The molecule has 0 unspecified atom stereocenters. The van der Waals surface area contributed by atoms with Crippen molar-refractivity contribution < 1.29 is 0 Å². The SMILES string of the molecule is CNc1ccc2nc(CC3CCCCC3)[nH]c2c1. The van der Waals surface area contributed by atoms with Gasteiger partial charge in [-0.1, -0.05) is 32.1 Å². The molecule has 0 spiro atoms. The number of fused-ring (bicyclic) bond motifs is 1. The third-order valence-corrected chi connectivity index (χ3v) is 4.03. The number of imidazole rings is 1. The minimum atomic E-state index is 0.836. The van der Waals surface area contributed by atoms with Crippen LogP contribution in [0, 0.1) is 5.92 Å². The normalized spacial score (nSPS) is 17.2. The molecule has 3 nitrogen and oxygen atoms in total. The largest absolute Gasteiger partial charge is 0.388 e. The van der Waals surface area contributed by atoms with E-state index in [9.17, 15) is 0 Å². The Kier molecular flexibility index (Phi) is 3.22. The number of rotatable bonds is 3. The van der Waals surface area contributed by atoms with Crippen molar-refractivity contribution >= 4 is 16.7 Å². The van der Waals surface area contributed by atoms with Gasteiger partial charge in [0.05, 0.1) is 11.0 Å². The fraction of sp³-hybridized carbons (Fsp3) is 0.533. The molecule has 2 aromatic rings. The highest BCUT2D eigenvalue weighted by Gasteiger charge is 2.15. The molecule has 2 N–H and O–H groups in total. The number of aromatic amines is 1. The van der Waals surface area contributed by atoms with Crippen LogP contribution in [0.15, 0.2) is 18.2 Å². The van der Waals surface area contributed by atoms with Crippen molar-refractivity contribution in [3.8, 4) is 0 Å². The van der Waals surface area contributed by atoms with Crippen molar-refractivity contribution in [2.24, 2.45) is 5.92 Å². The maximum Gasteiger partial charge on any atom is 0.107 e. The molecule has 0 radical (unpaired) electrons. The van der Waals surface area contributed by atoms with E-state index in [4.69, 9.17) is 4.98 Å². The first-order chi connectivity index (χ1) is 8.85. The number of nitrogens with one attached hydrogen (secondary N) is 2.